The molecular formula is C36H36ClF5N10O4. The third-order valence-corrected chi connectivity index (χ3v) is 11.4. The summed E-state index contributed by atoms with van der Waals surface area (Å²) in [7, 11) is 0. The van der Waals surface area contributed by atoms with Crippen LogP contribution in [0.3, 0.4) is 0 Å². The Bertz CT molecular complexity index is 2350. The van der Waals surface area contributed by atoms with Crippen molar-refractivity contribution in [1.82, 2.24) is 38.9 Å². The number of nitrogens with one attached hydrogen (secondary N) is 1. The molecule has 0 bridgehead atoms. The van der Waals surface area contributed by atoms with Crippen LogP contribution >= 0.6 is 11.6 Å². The molecule has 4 aliphatic rings. The number of hydrogen-bond donors (Lipinski definition) is 2. The molecule has 2 amide bonds. The zero-order valence-electron chi connectivity index (χ0n) is 30.2. The van der Waals surface area contributed by atoms with Crippen LogP contribution in [0.25, 0.3) is 11.4 Å². The van der Waals surface area contributed by atoms with E-state index >= 15 is 0 Å². The van der Waals surface area contributed by atoms with E-state index in [-0.39, 0.29) is 103 Å². The summed E-state index contributed by atoms with van der Waals surface area (Å²) < 4.78 is 69.9. The van der Waals surface area contributed by atoms with Gasteiger partial charge in [0.1, 0.15) is 18.1 Å². The van der Waals surface area contributed by atoms with Gasteiger partial charge in [-0.3, -0.25) is 23.9 Å². The number of nitrogens with zero attached hydrogens (tertiary/aromatic N) is 9. The van der Waals surface area contributed by atoms with Gasteiger partial charge < -0.3 is 20.2 Å². The summed E-state index contributed by atoms with van der Waals surface area (Å²) >= 11 is 6.20. The van der Waals surface area contributed by atoms with E-state index < -0.39 is 41.1 Å². The van der Waals surface area contributed by atoms with E-state index in [2.05, 4.69) is 20.4 Å². The van der Waals surface area contributed by atoms with Crippen molar-refractivity contribution in [2.75, 3.05) is 49.5 Å². The van der Waals surface area contributed by atoms with Gasteiger partial charge in [0.15, 0.2) is 17.3 Å². The van der Waals surface area contributed by atoms with Crippen LogP contribution in [-0.2, 0) is 11.0 Å². The van der Waals surface area contributed by atoms with Crippen LogP contribution in [0.4, 0.5) is 33.3 Å². The largest absolute Gasteiger partial charge is 0.504 e. The summed E-state index contributed by atoms with van der Waals surface area (Å²) in [6.07, 6.45) is -1.34. The van der Waals surface area contributed by atoms with Crippen molar-refractivity contribution < 1.29 is 36.6 Å². The van der Waals surface area contributed by atoms with Gasteiger partial charge >= 0.3 is 6.18 Å². The number of aryl methyl sites for hydroxylation is 1. The molecule has 0 spiro atoms. The van der Waals surface area contributed by atoms with Gasteiger partial charge in [0.05, 0.1) is 27.7 Å². The Kier molecular flexibility index (Phi) is 9.29. The number of aromatic nitrogens is 6. The fourth-order valence-corrected chi connectivity index (χ4v) is 8.27. The highest BCUT2D eigenvalue weighted by atomic mass is 35.5. The lowest BCUT2D eigenvalue weighted by molar-refractivity contribution is -0.137. The Balaban J connectivity index is 1.14. The summed E-state index contributed by atoms with van der Waals surface area (Å²) in [5.41, 5.74) is 0.0834. The van der Waals surface area contributed by atoms with E-state index in [4.69, 9.17) is 16.6 Å². The zero-order chi connectivity index (χ0) is 39.8. The van der Waals surface area contributed by atoms with Crippen molar-refractivity contribution in [3.05, 3.63) is 74.4 Å². The van der Waals surface area contributed by atoms with Crippen LogP contribution in [0.5, 0.6) is 5.75 Å². The van der Waals surface area contributed by atoms with Gasteiger partial charge in [-0.2, -0.15) is 22.7 Å². The average Bonchev–Trinajstić information content (AvgIpc) is 3.74. The third kappa shape index (κ3) is 6.63. The number of carbonyl (C=O) groups is 2. The fourth-order valence-electron chi connectivity index (χ4n) is 8.04. The van der Waals surface area contributed by atoms with Crippen LogP contribution in [0.2, 0.25) is 5.02 Å². The first kappa shape index (κ1) is 37.7. The quantitative estimate of drug-likeness (QED) is 0.258. The second kappa shape index (κ2) is 13.8. The highest BCUT2D eigenvalue weighted by Crippen LogP contribution is 2.44. The number of piperazine rings is 1. The molecule has 0 radical (unpaired) electrons. The maximum absolute atomic E-state index is 14.5. The molecule has 2 fully saturated rings. The molecule has 1 aliphatic carbocycles. The number of benzene rings is 1. The van der Waals surface area contributed by atoms with Gasteiger partial charge in [0, 0.05) is 64.1 Å². The highest BCUT2D eigenvalue weighted by molar-refractivity contribution is 6.33. The van der Waals surface area contributed by atoms with Gasteiger partial charge in [-0.1, -0.05) is 24.6 Å². The molecule has 2 atom stereocenters. The lowest BCUT2D eigenvalue weighted by Gasteiger charge is -2.43. The van der Waals surface area contributed by atoms with Crippen LogP contribution in [0.1, 0.15) is 77.8 Å². The molecule has 3 aromatic heterocycles. The first-order valence-corrected chi connectivity index (χ1v) is 18.5. The van der Waals surface area contributed by atoms with Crippen molar-refractivity contribution in [2.45, 2.75) is 69.6 Å². The maximum Gasteiger partial charge on any atom is 0.416 e. The molecule has 8 rings (SSSR count). The van der Waals surface area contributed by atoms with E-state index in [1.807, 2.05) is 22.8 Å². The lowest BCUT2D eigenvalue weighted by atomic mass is 9.86. The minimum Gasteiger partial charge on any atom is -0.504 e. The number of halogens is 6. The van der Waals surface area contributed by atoms with Crippen LogP contribution in [-0.4, -0.2) is 107 Å². The minimum atomic E-state index is -4.64. The number of anilines is 2. The van der Waals surface area contributed by atoms with Crippen LogP contribution in [0.15, 0.2) is 35.4 Å². The molecule has 2 N–H and O–H groups in total. The number of hydrogen-bond acceptors (Lipinski definition) is 10. The summed E-state index contributed by atoms with van der Waals surface area (Å²) in [4.78, 5) is 59.8. The smallest absolute Gasteiger partial charge is 0.416 e. The van der Waals surface area contributed by atoms with E-state index in [1.54, 1.807) is 11.5 Å². The molecule has 3 aliphatic heterocycles. The molecule has 296 valence electrons. The number of rotatable bonds is 6. The van der Waals surface area contributed by atoms with E-state index in [9.17, 15) is 41.4 Å². The Hall–Kier alpha value is -5.17. The highest BCUT2D eigenvalue weighted by Gasteiger charge is 2.48. The van der Waals surface area contributed by atoms with E-state index in [0.717, 1.165) is 22.7 Å². The third-order valence-electron chi connectivity index (χ3n) is 11.1. The van der Waals surface area contributed by atoms with Gasteiger partial charge in [-0.15, -0.1) is 5.10 Å². The molecule has 1 aromatic carbocycles. The van der Waals surface area contributed by atoms with Gasteiger partial charge in [0.2, 0.25) is 11.7 Å². The summed E-state index contributed by atoms with van der Waals surface area (Å²) in [6.45, 7) is 5.05. The maximum atomic E-state index is 14.5. The van der Waals surface area contributed by atoms with Crippen molar-refractivity contribution in [3.63, 3.8) is 0 Å². The van der Waals surface area contributed by atoms with Crippen molar-refractivity contribution in [1.29, 1.82) is 0 Å². The standard InChI is InChI=1S/C36H36ClF5N10O4/c1-18-13-25(31(54)45-24-4-3-21(14-23(24)37)36(40,41)42)51-27(18)28(49-9-11-50(12-10-49)32(55)26-29(53)19(2)43-17-44-26)33(56)52-34(51)46-30(47-52)20-5-7-48(8-6-20)22-15-35(38,39)16-22/h3-5,14,17-18,22,25,53H,6-13,15-16H2,1-2H3,(H,45,54). The molecule has 14 nitrogen and oxygen atoms in total. The van der Waals surface area contributed by atoms with Crippen molar-refractivity contribution in [3.8, 4) is 5.75 Å². The Morgan fingerprint density at radius 1 is 1.07 bits per heavy atom. The predicted octanol–water partition coefficient (Wildman–Crippen LogP) is 4.90. The molecule has 4 aromatic rings. The number of fused-ring (bicyclic) bond motifs is 3. The van der Waals surface area contributed by atoms with Gasteiger partial charge in [-0.25, -0.2) is 18.7 Å². The number of aromatic hydroxyl groups is 1. The molecule has 20 heteroatoms. The topological polar surface area (TPSA) is 154 Å². The summed E-state index contributed by atoms with van der Waals surface area (Å²) in [5, 5.41) is 17.4. The predicted molar refractivity (Wildman–Crippen MR) is 193 cm³/mol. The Morgan fingerprint density at radius 3 is 2.45 bits per heavy atom. The van der Waals surface area contributed by atoms with Crippen molar-refractivity contribution >= 4 is 46.1 Å². The van der Waals surface area contributed by atoms with Gasteiger partial charge in [-0.05, 0) is 43.5 Å². The minimum absolute atomic E-state index is 0.0305. The SMILES string of the molecule is Cc1ncnc(C(=O)N2CCN(c3c4n(c5nc(C6=CCN(C7CC(F)(F)C7)CC6)nn5c3=O)C(C(=O)Nc3ccc(C(F)(F)F)cc3Cl)CC4C)CC2)c1O. The number of carbonyl (C=O) groups excluding carboxylic acids is 2. The number of alkyl halides is 5. The van der Waals surface area contributed by atoms with Crippen LogP contribution < -0.4 is 15.8 Å². The van der Waals surface area contributed by atoms with Crippen LogP contribution in [0, 0.1) is 6.92 Å². The van der Waals surface area contributed by atoms with E-state index in [0.29, 0.717) is 30.8 Å². The monoisotopic (exact) mass is 802 g/mol. The summed E-state index contributed by atoms with van der Waals surface area (Å²) in [6, 6.07) is 1.42. The molecule has 1 saturated carbocycles. The lowest BCUT2D eigenvalue weighted by Crippen LogP contribution is -2.51. The first-order valence-electron chi connectivity index (χ1n) is 18.1. The first-order chi connectivity index (χ1) is 26.5. The molecule has 2 unspecified atom stereocenters. The van der Waals surface area contributed by atoms with Gasteiger partial charge in [0.25, 0.3) is 17.4 Å². The number of amides is 2. The normalized spacial score (nSPS) is 21.5. The molecular weight excluding hydrogens is 767 g/mol. The molecule has 56 heavy (non-hydrogen) atoms. The zero-order valence-corrected chi connectivity index (χ0v) is 30.9. The second-order valence-corrected chi connectivity index (χ2v) is 15.1. The van der Waals surface area contributed by atoms with E-state index in [1.165, 1.54) is 11.2 Å². The average molecular weight is 803 g/mol. The second-order valence-electron chi connectivity index (χ2n) is 14.7. The fraction of sp³-hybridized carbons (Fsp3) is 0.472. The molecule has 1 saturated heterocycles. The Labute approximate surface area is 320 Å². The Morgan fingerprint density at radius 2 is 1.80 bits per heavy atom. The molecule has 6 heterocycles. The summed E-state index contributed by atoms with van der Waals surface area (Å²) in [5.74, 6) is -4.13. The van der Waals surface area contributed by atoms with Crippen molar-refractivity contribution in [2.24, 2.45) is 0 Å².